The van der Waals surface area contributed by atoms with Gasteiger partial charge in [-0.3, -0.25) is 14.9 Å². The Morgan fingerprint density at radius 3 is 2.56 bits per heavy atom. The van der Waals surface area contributed by atoms with Gasteiger partial charge in [0.05, 0.1) is 5.02 Å². The first kappa shape index (κ1) is 19.3. The molecule has 0 spiro atoms. The van der Waals surface area contributed by atoms with Crippen molar-refractivity contribution in [3.05, 3.63) is 57.9 Å². The number of aryl methyl sites for hydroxylation is 1. The third-order valence-electron chi connectivity index (χ3n) is 3.77. The molecule has 5 nitrogen and oxygen atoms in total. The van der Waals surface area contributed by atoms with Gasteiger partial charge in [0.1, 0.15) is 4.88 Å². The summed E-state index contributed by atoms with van der Waals surface area (Å²) in [7, 11) is 0. The van der Waals surface area contributed by atoms with Crippen molar-refractivity contribution in [1.82, 2.24) is 5.32 Å². The highest BCUT2D eigenvalue weighted by Crippen LogP contribution is 2.35. The van der Waals surface area contributed by atoms with E-state index in [-0.39, 0.29) is 16.9 Å². The molecule has 3 rings (SSSR count). The third kappa shape index (κ3) is 4.44. The zero-order valence-corrected chi connectivity index (χ0v) is 16.9. The average Bonchev–Trinajstić information content (AvgIpc) is 2.95. The van der Waals surface area contributed by atoms with Crippen LogP contribution in [0, 0.1) is 6.92 Å². The molecule has 0 fully saturated rings. The van der Waals surface area contributed by atoms with Crippen LogP contribution < -0.4 is 16.0 Å². The first-order chi connectivity index (χ1) is 12.8. The minimum absolute atomic E-state index is 0.145. The number of nitrogens with one attached hydrogen (secondary N) is 3. The number of hydrogen-bond acceptors (Lipinski definition) is 4. The third-order valence-corrected chi connectivity index (χ3v) is 5.65. The van der Waals surface area contributed by atoms with Crippen LogP contribution in [0.5, 0.6) is 0 Å². The molecule has 0 unspecified atom stereocenters. The molecule has 138 valence electrons. The van der Waals surface area contributed by atoms with Gasteiger partial charge in [0.15, 0.2) is 5.11 Å². The van der Waals surface area contributed by atoms with Crippen molar-refractivity contribution in [1.29, 1.82) is 0 Å². The first-order valence-electron chi connectivity index (χ1n) is 8.02. The van der Waals surface area contributed by atoms with Gasteiger partial charge in [0.25, 0.3) is 5.91 Å². The molecule has 27 heavy (non-hydrogen) atoms. The monoisotopic (exact) mass is 417 g/mol. The van der Waals surface area contributed by atoms with Gasteiger partial charge in [-0.1, -0.05) is 35.9 Å². The summed E-state index contributed by atoms with van der Waals surface area (Å²) < 4.78 is 0.935. The molecule has 2 aromatic carbocycles. The van der Waals surface area contributed by atoms with Crippen LogP contribution in [0.4, 0.5) is 11.4 Å². The summed E-state index contributed by atoms with van der Waals surface area (Å²) in [6.45, 7) is 3.33. The van der Waals surface area contributed by atoms with Crippen molar-refractivity contribution in [2.24, 2.45) is 0 Å². The van der Waals surface area contributed by atoms with Gasteiger partial charge in [-0.2, -0.15) is 0 Å². The predicted molar refractivity (Wildman–Crippen MR) is 116 cm³/mol. The highest BCUT2D eigenvalue weighted by atomic mass is 35.5. The van der Waals surface area contributed by atoms with E-state index in [4.69, 9.17) is 23.8 Å². The maximum absolute atomic E-state index is 12.5. The summed E-state index contributed by atoms with van der Waals surface area (Å²) >= 11 is 12.9. The van der Waals surface area contributed by atoms with Crippen molar-refractivity contribution >= 4 is 73.5 Å². The molecule has 1 heterocycles. The second-order valence-electron chi connectivity index (χ2n) is 5.86. The van der Waals surface area contributed by atoms with Crippen LogP contribution in [-0.4, -0.2) is 16.9 Å². The smallest absolute Gasteiger partial charge is 0.269 e. The van der Waals surface area contributed by atoms with Crippen LogP contribution in [0.3, 0.4) is 0 Å². The number of carbonyl (C=O) groups is 2. The Balaban J connectivity index is 1.72. The maximum atomic E-state index is 12.5. The van der Waals surface area contributed by atoms with Crippen LogP contribution in [0.2, 0.25) is 5.02 Å². The summed E-state index contributed by atoms with van der Waals surface area (Å²) in [4.78, 5) is 24.2. The molecule has 3 N–H and O–H groups in total. The molecule has 0 aliphatic heterocycles. The Morgan fingerprint density at radius 1 is 1.11 bits per heavy atom. The molecule has 0 saturated heterocycles. The van der Waals surface area contributed by atoms with Crippen molar-refractivity contribution in [2.45, 2.75) is 13.8 Å². The average molecular weight is 418 g/mol. The number of fused-ring (bicyclic) bond motifs is 1. The Labute approximate surface area is 170 Å². The SMILES string of the molecule is CC(=O)Nc1cc(NC(=S)NC(=O)c2sc3ccccc3c2Cl)ccc1C. The number of benzene rings is 2. The van der Waals surface area contributed by atoms with E-state index in [0.29, 0.717) is 21.3 Å². The van der Waals surface area contributed by atoms with E-state index in [1.54, 1.807) is 6.07 Å². The zero-order valence-electron chi connectivity index (χ0n) is 14.6. The highest BCUT2D eigenvalue weighted by Gasteiger charge is 2.18. The largest absolute Gasteiger partial charge is 0.332 e. The molecule has 1 aromatic heterocycles. The lowest BCUT2D eigenvalue weighted by Crippen LogP contribution is -2.33. The summed E-state index contributed by atoms with van der Waals surface area (Å²) in [6, 6.07) is 13.0. The maximum Gasteiger partial charge on any atom is 0.269 e. The fourth-order valence-corrected chi connectivity index (χ4v) is 4.13. The van der Waals surface area contributed by atoms with E-state index in [1.807, 2.05) is 43.3 Å². The number of thiocarbonyl (C=S) groups is 1. The summed E-state index contributed by atoms with van der Waals surface area (Å²) in [5, 5.41) is 9.74. The fraction of sp³-hybridized carbons (Fsp3) is 0.105. The lowest BCUT2D eigenvalue weighted by Gasteiger charge is -2.12. The molecule has 0 radical (unpaired) electrons. The van der Waals surface area contributed by atoms with Gasteiger partial charge in [-0.05, 0) is 42.9 Å². The highest BCUT2D eigenvalue weighted by molar-refractivity contribution is 7.80. The van der Waals surface area contributed by atoms with E-state index in [2.05, 4.69) is 16.0 Å². The minimum Gasteiger partial charge on any atom is -0.332 e. The number of amides is 2. The quantitative estimate of drug-likeness (QED) is 0.527. The topological polar surface area (TPSA) is 70.2 Å². The van der Waals surface area contributed by atoms with Crippen LogP contribution >= 0.6 is 35.2 Å². The zero-order chi connectivity index (χ0) is 19.6. The van der Waals surface area contributed by atoms with Crippen molar-refractivity contribution < 1.29 is 9.59 Å². The van der Waals surface area contributed by atoms with E-state index in [1.165, 1.54) is 18.3 Å². The van der Waals surface area contributed by atoms with Crippen LogP contribution in [0.1, 0.15) is 22.2 Å². The molecule has 8 heteroatoms. The van der Waals surface area contributed by atoms with E-state index >= 15 is 0 Å². The van der Waals surface area contributed by atoms with Gasteiger partial charge >= 0.3 is 0 Å². The van der Waals surface area contributed by atoms with E-state index < -0.39 is 0 Å². The molecular weight excluding hydrogens is 402 g/mol. The number of rotatable bonds is 3. The number of thiophene rings is 1. The summed E-state index contributed by atoms with van der Waals surface area (Å²) in [6.07, 6.45) is 0. The van der Waals surface area contributed by atoms with Gasteiger partial charge < -0.3 is 10.6 Å². The van der Waals surface area contributed by atoms with Gasteiger partial charge in [-0.25, -0.2) is 0 Å². The predicted octanol–water partition coefficient (Wildman–Crippen LogP) is 4.95. The second kappa shape index (κ2) is 8.04. The van der Waals surface area contributed by atoms with E-state index in [0.717, 1.165) is 15.6 Å². The van der Waals surface area contributed by atoms with Crippen LogP contribution in [0.25, 0.3) is 10.1 Å². The molecular formula is C19H16ClN3O2S2. The molecule has 0 aliphatic carbocycles. The van der Waals surface area contributed by atoms with Crippen molar-refractivity contribution in [3.8, 4) is 0 Å². The van der Waals surface area contributed by atoms with E-state index in [9.17, 15) is 9.59 Å². The Hall–Kier alpha value is -2.48. The Morgan fingerprint density at radius 2 is 1.85 bits per heavy atom. The molecule has 2 amide bonds. The molecule has 3 aromatic rings. The van der Waals surface area contributed by atoms with Crippen LogP contribution in [0.15, 0.2) is 42.5 Å². The minimum atomic E-state index is -0.368. The normalized spacial score (nSPS) is 10.5. The molecule has 0 atom stereocenters. The van der Waals surface area contributed by atoms with Crippen molar-refractivity contribution in [3.63, 3.8) is 0 Å². The Kier molecular flexibility index (Phi) is 5.74. The first-order valence-corrected chi connectivity index (χ1v) is 9.63. The van der Waals surface area contributed by atoms with Crippen LogP contribution in [-0.2, 0) is 4.79 Å². The lowest BCUT2D eigenvalue weighted by molar-refractivity contribution is -0.114. The fourth-order valence-electron chi connectivity index (χ4n) is 2.51. The molecule has 0 aliphatic rings. The van der Waals surface area contributed by atoms with Gasteiger partial charge in [0, 0.05) is 28.4 Å². The molecule has 0 bridgehead atoms. The summed E-state index contributed by atoms with van der Waals surface area (Å²) in [5.74, 6) is -0.529. The number of carbonyl (C=O) groups excluding carboxylic acids is 2. The Bertz CT molecular complexity index is 1060. The number of halogens is 1. The van der Waals surface area contributed by atoms with Gasteiger partial charge in [-0.15, -0.1) is 11.3 Å². The lowest BCUT2D eigenvalue weighted by atomic mass is 10.2. The van der Waals surface area contributed by atoms with Gasteiger partial charge in [0.2, 0.25) is 5.91 Å². The second-order valence-corrected chi connectivity index (χ2v) is 7.70. The molecule has 0 saturated carbocycles. The number of anilines is 2. The summed E-state index contributed by atoms with van der Waals surface area (Å²) in [5.41, 5.74) is 2.24. The van der Waals surface area contributed by atoms with Crippen molar-refractivity contribution in [2.75, 3.05) is 10.6 Å². The standard InChI is InChI=1S/C19H16ClN3O2S2/c1-10-7-8-12(9-14(10)21-11(2)24)22-19(26)23-18(25)17-16(20)13-5-3-4-6-15(13)27-17/h3-9H,1-2H3,(H,21,24)(H2,22,23,25,26). The number of hydrogen-bond donors (Lipinski definition) is 3.